The molecule has 3 N–H and O–H groups in total. The highest BCUT2D eigenvalue weighted by molar-refractivity contribution is 5.82. The molecule has 2 unspecified atom stereocenters. The molecule has 8 heteroatoms. The number of halogens is 3. The minimum absolute atomic E-state index is 0.101. The Morgan fingerprint density at radius 1 is 1.38 bits per heavy atom. The standard InChI is InChI=1S/C13H17F3N2O3/c1-8(19)7-21-11-5-3-4-10(6-11)17-9(2)18-12(20)13(14,15)16/h3-6,8-9,17,19H,7H2,1-2H3,(H,18,20). The Morgan fingerprint density at radius 3 is 2.62 bits per heavy atom. The molecule has 1 amide bonds. The van der Waals surface area contributed by atoms with E-state index in [-0.39, 0.29) is 6.61 Å². The Balaban J connectivity index is 2.58. The second kappa shape index (κ2) is 7.16. The molecule has 0 spiro atoms. The molecule has 0 fully saturated rings. The van der Waals surface area contributed by atoms with Crippen LogP contribution in [0.3, 0.4) is 0 Å². The van der Waals surface area contributed by atoms with Gasteiger partial charge in [0.25, 0.3) is 0 Å². The number of nitrogens with one attached hydrogen (secondary N) is 2. The third-order valence-corrected chi connectivity index (χ3v) is 2.31. The van der Waals surface area contributed by atoms with Crippen molar-refractivity contribution in [1.82, 2.24) is 5.32 Å². The van der Waals surface area contributed by atoms with Crippen LogP contribution in [0.2, 0.25) is 0 Å². The monoisotopic (exact) mass is 306 g/mol. The first-order chi connectivity index (χ1) is 9.68. The lowest BCUT2D eigenvalue weighted by Gasteiger charge is -2.18. The molecule has 0 saturated carbocycles. The first kappa shape index (κ1) is 17.1. The fraction of sp³-hybridized carbons (Fsp3) is 0.462. The van der Waals surface area contributed by atoms with Crippen molar-refractivity contribution in [2.45, 2.75) is 32.3 Å². The Hall–Kier alpha value is -1.96. The number of hydrogen-bond donors (Lipinski definition) is 3. The van der Waals surface area contributed by atoms with Crippen molar-refractivity contribution >= 4 is 11.6 Å². The predicted octanol–water partition coefficient (Wildman–Crippen LogP) is 1.88. The summed E-state index contributed by atoms with van der Waals surface area (Å²) in [4.78, 5) is 10.8. The molecule has 0 aliphatic carbocycles. The number of benzene rings is 1. The number of aliphatic hydroxyl groups is 1. The van der Waals surface area contributed by atoms with Crippen molar-refractivity contribution in [3.8, 4) is 5.75 Å². The van der Waals surface area contributed by atoms with E-state index in [1.165, 1.54) is 6.92 Å². The van der Waals surface area contributed by atoms with E-state index in [9.17, 15) is 18.0 Å². The maximum Gasteiger partial charge on any atom is 0.471 e. The van der Waals surface area contributed by atoms with Crippen molar-refractivity contribution in [1.29, 1.82) is 0 Å². The number of carbonyl (C=O) groups is 1. The van der Waals surface area contributed by atoms with Gasteiger partial charge in [0.15, 0.2) is 0 Å². The molecule has 5 nitrogen and oxygen atoms in total. The van der Waals surface area contributed by atoms with E-state index in [2.05, 4.69) is 5.32 Å². The molecule has 118 valence electrons. The zero-order valence-electron chi connectivity index (χ0n) is 11.6. The first-order valence-electron chi connectivity index (χ1n) is 6.23. The molecular weight excluding hydrogens is 289 g/mol. The largest absolute Gasteiger partial charge is 0.491 e. The fourth-order valence-corrected chi connectivity index (χ4v) is 1.46. The van der Waals surface area contributed by atoms with E-state index in [1.807, 2.05) is 0 Å². The number of aliphatic hydroxyl groups excluding tert-OH is 1. The molecule has 0 aliphatic rings. The summed E-state index contributed by atoms with van der Waals surface area (Å²) in [6, 6.07) is 6.45. The lowest BCUT2D eigenvalue weighted by Crippen LogP contribution is -2.45. The molecule has 0 bridgehead atoms. The van der Waals surface area contributed by atoms with Crippen LogP contribution in [0.15, 0.2) is 24.3 Å². The van der Waals surface area contributed by atoms with Crippen molar-refractivity contribution in [2.75, 3.05) is 11.9 Å². The van der Waals surface area contributed by atoms with Gasteiger partial charge in [-0.3, -0.25) is 4.79 Å². The predicted molar refractivity (Wildman–Crippen MR) is 70.9 cm³/mol. The Bertz CT molecular complexity index is 478. The van der Waals surface area contributed by atoms with Crippen molar-refractivity contribution in [2.24, 2.45) is 0 Å². The molecule has 1 aromatic carbocycles. The van der Waals surface area contributed by atoms with Gasteiger partial charge < -0.3 is 20.5 Å². The van der Waals surface area contributed by atoms with E-state index in [4.69, 9.17) is 9.84 Å². The van der Waals surface area contributed by atoms with Gasteiger partial charge in [-0.15, -0.1) is 0 Å². The summed E-state index contributed by atoms with van der Waals surface area (Å²) < 4.78 is 41.6. The van der Waals surface area contributed by atoms with E-state index >= 15 is 0 Å². The number of alkyl halides is 3. The van der Waals surface area contributed by atoms with Gasteiger partial charge in [-0.1, -0.05) is 6.07 Å². The number of anilines is 1. The van der Waals surface area contributed by atoms with Crippen LogP contribution in [0.4, 0.5) is 18.9 Å². The molecule has 0 saturated heterocycles. The summed E-state index contributed by atoms with van der Waals surface area (Å²) in [5.41, 5.74) is 0.480. The molecule has 0 aliphatic heterocycles. The minimum atomic E-state index is -4.92. The van der Waals surface area contributed by atoms with Gasteiger partial charge >= 0.3 is 12.1 Å². The van der Waals surface area contributed by atoms with E-state index in [0.717, 1.165) is 0 Å². The van der Waals surface area contributed by atoms with Crippen LogP contribution in [0.5, 0.6) is 5.75 Å². The lowest BCUT2D eigenvalue weighted by atomic mass is 10.3. The third kappa shape index (κ3) is 6.35. The van der Waals surface area contributed by atoms with Crippen LogP contribution in [0.25, 0.3) is 0 Å². The molecular formula is C13H17F3N2O3. The van der Waals surface area contributed by atoms with Crippen LogP contribution in [-0.2, 0) is 4.79 Å². The third-order valence-electron chi connectivity index (χ3n) is 2.31. The van der Waals surface area contributed by atoms with Crippen molar-refractivity contribution in [3.05, 3.63) is 24.3 Å². The quantitative estimate of drug-likeness (QED) is 0.702. The summed E-state index contributed by atoms with van der Waals surface area (Å²) in [5.74, 6) is -1.56. The number of carbonyl (C=O) groups excluding carboxylic acids is 1. The maximum absolute atomic E-state index is 12.1. The highest BCUT2D eigenvalue weighted by Gasteiger charge is 2.39. The summed E-state index contributed by atoms with van der Waals surface area (Å²) in [6.07, 6.45) is -6.46. The van der Waals surface area contributed by atoms with Gasteiger partial charge in [0.2, 0.25) is 0 Å². The van der Waals surface area contributed by atoms with Crippen LogP contribution >= 0.6 is 0 Å². The zero-order chi connectivity index (χ0) is 16.0. The second-order valence-electron chi connectivity index (χ2n) is 4.53. The number of amides is 1. The SMILES string of the molecule is CC(O)COc1cccc(NC(C)NC(=O)C(F)(F)F)c1. The fourth-order valence-electron chi connectivity index (χ4n) is 1.46. The number of rotatable bonds is 6. The number of ether oxygens (including phenoxy) is 1. The summed E-state index contributed by atoms with van der Waals surface area (Å²) in [7, 11) is 0. The van der Waals surface area contributed by atoms with Gasteiger partial charge in [0, 0.05) is 11.8 Å². The molecule has 2 atom stereocenters. The zero-order valence-corrected chi connectivity index (χ0v) is 11.6. The van der Waals surface area contributed by atoms with Gasteiger partial charge in [0.1, 0.15) is 12.4 Å². The van der Waals surface area contributed by atoms with E-state index in [1.54, 1.807) is 36.5 Å². The second-order valence-corrected chi connectivity index (χ2v) is 4.53. The summed E-state index contributed by atoms with van der Waals surface area (Å²) in [5, 5.41) is 13.6. The minimum Gasteiger partial charge on any atom is -0.491 e. The molecule has 21 heavy (non-hydrogen) atoms. The van der Waals surface area contributed by atoms with Gasteiger partial charge in [-0.2, -0.15) is 13.2 Å². The molecule has 0 radical (unpaired) electrons. The van der Waals surface area contributed by atoms with E-state index < -0.39 is 24.4 Å². The Labute approximate surface area is 120 Å². The first-order valence-corrected chi connectivity index (χ1v) is 6.23. The number of hydrogen-bond acceptors (Lipinski definition) is 4. The molecule has 0 heterocycles. The average molecular weight is 306 g/mol. The van der Waals surface area contributed by atoms with Crippen molar-refractivity contribution < 1.29 is 27.8 Å². The average Bonchev–Trinajstić information content (AvgIpc) is 2.35. The highest BCUT2D eigenvalue weighted by Crippen LogP contribution is 2.19. The van der Waals surface area contributed by atoms with Crippen LogP contribution < -0.4 is 15.4 Å². The maximum atomic E-state index is 12.1. The molecule has 0 aromatic heterocycles. The van der Waals surface area contributed by atoms with E-state index in [0.29, 0.717) is 11.4 Å². The Morgan fingerprint density at radius 2 is 2.05 bits per heavy atom. The summed E-state index contributed by atoms with van der Waals surface area (Å²) >= 11 is 0. The van der Waals surface area contributed by atoms with Crippen LogP contribution in [-0.4, -0.2) is 36.1 Å². The van der Waals surface area contributed by atoms with Gasteiger partial charge in [0.05, 0.1) is 12.3 Å². The summed E-state index contributed by atoms with van der Waals surface area (Å²) in [6.45, 7) is 3.05. The van der Waals surface area contributed by atoms with Crippen molar-refractivity contribution in [3.63, 3.8) is 0 Å². The van der Waals surface area contributed by atoms with Gasteiger partial charge in [-0.05, 0) is 26.0 Å². The lowest BCUT2D eigenvalue weighted by molar-refractivity contribution is -0.174. The topological polar surface area (TPSA) is 70.6 Å². The highest BCUT2D eigenvalue weighted by atomic mass is 19.4. The smallest absolute Gasteiger partial charge is 0.471 e. The Kier molecular flexibility index (Phi) is 5.83. The normalized spacial score (nSPS) is 14.2. The molecule has 1 aromatic rings. The van der Waals surface area contributed by atoms with Gasteiger partial charge in [-0.25, -0.2) is 0 Å². The van der Waals surface area contributed by atoms with Crippen LogP contribution in [0.1, 0.15) is 13.8 Å². The van der Waals surface area contributed by atoms with Crippen LogP contribution in [0, 0.1) is 0 Å². The molecule has 1 rings (SSSR count).